The third kappa shape index (κ3) is 2.52. The van der Waals surface area contributed by atoms with Crippen molar-refractivity contribution in [1.29, 1.82) is 0 Å². The van der Waals surface area contributed by atoms with Crippen LogP contribution in [-0.2, 0) is 11.8 Å². The molecule has 0 radical (unpaired) electrons. The lowest BCUT2D eigenvalue weighted by molar-refractivity contribution is -0.134. The first-order valence-corrected chi connectivity index (χ1v) is 8.61. The lowest BCUT2D eigenvalue weighted by atomic mass is 9.89. The first kappa shape index (κ1) is 16.3. The number of carbonyl (C=O) groups excluding carboxylic acids is 1. The third-order valence-corrected chi connectivity index (χ3v) is 6.67. The molecule has 4 heteroatoms. The highest BCUT2D eigenvalue weighted by molar-refractivity contribution is 5.84. The highest BCUT2D eigenvalue weighted by Crippen LogP contribution is 2.68. The van der Waals surface area contributed by atoms with Gasteiger partial charge in [-0.3, -0.25) is 9.59 Å². The molecular weight excluding hydrogens is 288 g/mol. The number of hydrogen-bond donors (Lipinski definition) is 0. The SMILES string of the molecule is Cn1ccc(C2CCN(C(=O)C3C(C)(C)C3(C)C)CC2)cc1=O. The first-order valence-electron chi connectivity index (χ1n) is 8.61. The van der Waals surface area contributed by atoms with E-state index in [9.17, 15) is 9.59 Å². The summed E-state index contributed by atoms with van der Waals surface area (Å²) in [5, 5.41) is 0. The minimum atomic E-state index is 0.0440. The van der Waals surface area contributed by atoms with Gasteiger partial charge in [-0.25, -0.2) is 0 Å². The van der Waals surface area contributed by atoms with Gasteiger partial charge in [-0.05, 0) is 41.2 Å². The smallest absolute Gasteiger partial charge is 0.250 e. The Morgan fingerprint density at radius 3 is 2.17 bits per heavy atom. The first-order chi connectivity index (χ1) is 10.7. The van der Waals surface area contributed by atoms with Gasteiger partial charge in [-0.2, -0.15) is 0 Å². The Balaban J connectivity index is 1.64. The average Bonchev–Trinajstić information content (AvgIpc) is 2.91. The summed E-state index contributed by atoms with van der Waals surface area (Å²) in [7, 11) is 1.77. The fourth-order valence-electron chi connectivity index (χ4n) is 4.25. The fourth-order valence-corrected chi connectivity index (χ4v) is 4.25. The number of aromatic nitrogens is 1. The molecule has 0 N–H and O–H groups in total. The van der Waals surface area contributed by atoms with Crippen LogP contribution < -0.4 is 5.56 Å². The van der Waals surface area contributed by atoms with Gasteiger partial charge in [0.1, 0.15) is 0 Å². The summed E-state index contributed by atoms with van der Waals surface area (Å²) in [6.07, 6.45) is 3.74. The Hall–Kier alpha value is -1.58. The second kappa shape index (κ2) is 5.22. The molecular formula is C19H28N2O2. The van der Waals surface area contributed by atoms with Crippen molar-refractivity contribution in [3.05, 3.63) is 34.2 Å². The van der Waals surface area contributed by atoms with Crippen molar-refractivity contribution in [3.63, 3.8) is 0 Å². The minimum absolute atomic E-state index is 0.0440. The van der Waals surface area contributed by atoms with Crippen LogP contribution in [0, 0.1) is 16.7 Å². The number of amides is 1. The summed E-state index contributed by atoms with van der Waals surface area (Å²) < 4.78 is 1.60. The normalized spacial score (nSPS) is 23.8. The zero-order chi connectivity index (χ0) is 17.0. The van der Waals surface area contributed by atoms with E-state index < -0.39 is 0 Å². The summed E-state index contributed by atoms with van der Waals surface area (Å²) in [6.45, 7) is 10.4. The molecule has 1 aromatic rings. The zero-order valence-electron chi connectivity index (χ0n) is 14.9. The summed E-state index contributed by atoms with van der Waals surface area (Å²) >= 11 is 0. The van der Waals surface area contributed by atoms with Crippen molar-refractivity contribution in [3.8, 4) is 0 Å². The molecule has 2 fully saturated rings. The molecule has 0 unspecified atom stereocenters. The van der Waals surface area contributed by atoms with Gasteiger partial charge in [0.05, 0.1) is 0 Å². The van der Waals surface area contributed by atoms with E-state index in [-0.39, 0.29) is 22.3 Å². The lowest BCUT2D eigenvalue weighted by Gasteiger charge is -2.33. The van der Waals surface area contributed by atoms with Crippen molar-refractivity contribution in [1.82, 2.24) is 9.47 Å². The van der Waals surface area contributed by atoms with Gasteiger partial charge >= 0.3 is 0 Å². The van der Waals surface area contributed by atoms with E-state index in [1.54, 1.807) is 17.7 Å². The maximum absolute atomic E-state index is 12.8. The number of pyridine rings is 1. The third-order valence-electron chi connectivity index (χ3n) is 6.67. The maximum atomic E-state index is 12.8. The molecule has 0 atom stereocenters. The molecule has 126 valence electrons. The highest BCUT2D eigenvalue weighted by atomic mass is 16.2. The van der Waals surface area contributed by atoms with Gasteiger partial charge in [0, 0.05) is 38.3 Å². The average molecular weight is 316 g/mol. The molecule has 1 aromatic heterocycles. The molecule has 1 aliphatic heterocycles. The van der Waals surface area contributed by atoms with E-state index in [1.807, 2.05) is 17.2 Å². The van der Waals surface area contributed by atoms with E-state index in [2.05, 4.69) is 27.7 Å². The van der Waals surface area contributed by atoms with Gasteiger partial charge in [0.25, 0.3) is 5.56 Å². The predicted molar refractivity (Wildman–Crippen MR) is 91.3 cm³/mol. The summed E-state index contributed by atoms with van der Waals surface area (Å²) in [5.74, 6) is 0.867. The van der Waals surface area contributed by atoms with E-state index in [1.165, 1.54) is 0 Å². The minimum Gasteiger partial charge on any atom is -0.342 e. The Bertz CT molecular complexity index is 665. The molecule has 1 amide bonds. The van der Waals surface area contributed by atoms with E-state index in [4.69, 9.17) is 0 Å². The second-order valence-corrected chi connectivity index (χ2v) is 8.39. The van der Waals surface area contributed by atoms with Crippen LogP contribution >= 0.6 is 0 Å². The number of piperidine rings is 1. The van der Waals surface area contributed by atoms with Crippen molar-refractivity contribution in [2.45, 2.75) is 46.5 Å². The van der Waals surface area contributed by atoms with Crippen LogP contribution in [0.4, 0.5) is 0 Å². The summed E-state index contributed by atoms with van der Waals surface area (Å²) in [6, 6.07) is 3.78. The molecule has 23 heavy (non-hydrogen) atoms. The number of carbonyl (C=O) groups is 1. The largest absolute Gasteiger partial charge is 0.342 e. The van der Waals surface area contributed by atoms with Gasteiger partial charge in [0.15, 0.2) is 0 Å². The second-order valence-electron chi connectivity index (χ2n) is 8.39. The lowest BCUT2D eigenvalue weighted by Crippen LogP contribution is -2.40. The van der Waals surface area contributed by atoms with Gasteiger partial charge in [-0.1, -0.05) is 27.7 Å². The van der Waals surface area contributed by atoms with E-state index in [0.717, 1.165) is 31.5 Å². The molecule has 4 nitrogen and oxygen atoms in total. The van der Waals surface area contributed by atoms with Crippen molar-refractivity contribution >= 4 is 5.91 Å². The van der Waals surface area contributed by atoms with Crippen LogP contribution in [0.1, 0.15) is 52.0 Å². The Morgan fingerprint density at radius 1 is 1.13 bits per heavy atom. The van der Waals surface area contributed by atoms with E-state index in [0.29, 0.717) is 11.8 Å². The number of nitrogens with zero attached hydrogens (tertiary/aromatic N) is 2. The van der Waals surface area contributed by atoms with E-state index >= 15 is 0 Å². The molecule has 0 aromatic carbocycles. The number of rotatable bonds is 2. The quantitative estimate of drug-likeness (QED) is 0.842. The highest BCUT2D eigenvalue weighted by Gasteiger charge is 2.68. The number of aryl methyl sites for hydroxylation is 1. The van der Waals surface area contributed by atoms with Crippen LogP contribution in [0.3, 0.4) is 0 Å². The number of likely N-dealkylation sites (tertiary alicyclic amines) is 1. The van der Waals surface area contributed by atoms with Gasteiger partial charge in [-0.15, -0.1) is 0 Å². The van der Waals surface area contributed by atoms with Crippen LogP contribution in [0.15, 0.2) is 23.1 Å². The molecule has 0 bridgehead atoms. The predicted octanol–water partition coefficient (Wildman–Crippen LogP) is 2.77. The van der Waals surface area contributed by atoms with Crippen LogP contribution in [0.2, 0.25) is 0 Å². The Labute approximate surface area is 138 Å². The standard InChI is InChI=1S/C19H28N2O2/c1-18(2)16(19(18,3)4)17(23)21-10-7-13(8-11-21)14-6-9-20(5)15(22)12-14/h6,9,12-13,16H,7-8,10-11H2,1-5H3. The van der Waals surface area contributed by atoms with Crippen molar-refractivity contribution in [2.24, 2.45) is 23.8 Å². The zero-order valence-corrected chi connectivity index (χ0v) is 14.9. The summed E-state index contributed by atoms with van der Waals surface area (Å²) in [5.41, 5.74) is 1.37. The molecule has 2 heterocycles. The van der Waals surface area contributed by atoms with Gasteiger partial charge < -0.3 is 9.47 Å². The summed E-state index contributed by atoms with van der Waals surface area (Å²) in [4.78, 5) is 26.6. The molecule has 1 saturated heterocycles. The van der Waals surface area contributed by atoms with Crippen LogP contribution in [0.25, 0.3) is 0 Å². The molecule has 1 aliphatic carbocycles. The topological polar surface area (TPSA) is 42.3 Å². The van der Waals surface area contributed by atoms with Gasteiger partial charge in [0.2, 0.25) is 5.91 Å². The fraction of sp³-hybridized carbons (Fsp3) is 0.684. The maximum Gasteiger partial charge on any atom is 0.250 e. The van der Waals surface area contributed by atoms with Crippen LogP contribution in [0.5, 0.6) is 0 Å². The number of hydrogen-bond acceptors (Lipinski definition) is 2. The van der Waals surface area contributed by atoms with Crippen molar-refractivity contribution in [2.75, 3.05) is 13.1 Å². The molecule has 1 saturated carbocycles. The molecule has 2 aliphatic rings. The van der Waals surface area contributed by atoms with Crippen LogP contribution in [-0.4, -0.2) is 28.5 Å². The Kier molecular flexibility index (Phi) is 3.69. The monoisotopic (exact) mass is 316 g/mol. The molecule has 3 rings (SSSR count). The van der Waals surface area contributed by atoms with Crippen molar-refractivity contribution < 1.29 is 4.79 Å². The molecule has 0 spiro atoms. The Morgan fingerprint density at radius 2 is 1.70 bits per heavy atom.